The normalized spacial score (nSPS) is 13.7. The lowest BCUT2D eigenvalue weighted by Crippen LogP contribution is -2.33. The lowest BCUT2D eigenvalue weighted by atomic mass is 10.1. The van der Waals surface area contributed by atoms with E-state index in [-0.39, 0.29) is 32.3 Å². The highest BCUT2D eigenvalue weighted by molar-refractivity contribution is 6.58. The summed E-state index contributed by atoms with van der Waals surface area (Å²) in [6, 6.07) is 5.21. The summed E-state index contributed by atoms with van der Waals surface area (Å²) < 4.78 is 10.0. The van der Waals surface area contributed by atoms with Gasteiger partial charge in [0.15, 0.2) is 7.85 Å². The third-order valence-electron chi connectivity index (χ3n) is 3.14. The van der Waals surface area contributed by atoms with Crippen molar-refractivity contribution < 1.29 is 19.1 Å². The molecule has 0 aromatic heterocycles. The number of halogens is 2. The van der Waals surface area contributed by atoms with Crippen LogP contribution in [0.15, 0.2) is 23.3 Å². The smallest absolute Gasteiger partial charge is 0.251 e. The summed E-state index contributed by atoms with van der Waals surface area (Å²) in [5.41, 5.74) is 0.241. The molecule has 1 aromatic carbocycles. The van der Waals surface area contributed by atoms with Gasteiger partial charge < -0.3 is 19.6 Å². The predicted octanol–water partition coefficient (Wildman–Crippen LogP) is 1.36. The van der Waals surface area contributed by atoms with E-state index in [1.165, 1.54) is 0 Å². The van der Waals surface area contributed by atoms with Gasteiger partial charge in [0, 0.05) is 13.0 Å². The van der Waals surface area contributed by atoms with Gasteiger partial charge in [0.05, 0.1) is 35.6 Å². The number of anilines is 1. The Bertz CT molecular complexity index is 672. The highest BCUT2D eigenvalue weighted by Crippen LogP contribution is 2.28. The van der Waals surface area contributed by atoms with E-state index in [1.807, 2.05) is 0 Å². The number of rotatable bonds is 8. The standard InChI is InChI=1S/C15H16BCl2N3O4/c16-13(22)8-24-5-6-25-9-15(23)19-14-3-4-21(20-14)10-1-2-11(17)12(18)7-10/h1-2,7H,3-6,8-9H2,(H,19,20,23). The van der Waals surface area contributed by atoms with Crippen molar-refractivity contribution in [3.05, 3.63) is 28.2 Å². The molecule has 0 saturated heterocycles. The molecule has 25 heavy (non-hydrogen) atoms. The monoisotopic (exact) mass is 383 g/mol. The zero-order chi connectivity index (χ0) is 18.2. The molecule has 0 bridgehead atoms. The number of benzene rings is 1. The Morgan fingerprint density at radius 1 is 1.20 bits per heavy atom. The lowest BCUT2D eigenvalue weighted by Gasteiger charge is -2.13. The van der Waals surface area contributed by atoms with Crippen molar-refractivity contribution in [3.63, 3.8) is 0 Å². The number of nitrogens with zero attached hydrogens (tertiary/aromatic N) is 2. The second-order valence-corrected chi connectivity index (χ2v) is 5.95. The van der Waals surface area contributed by atoms with Gasteiger partial charge in [-0.25, -0.2) is 0 Å². The molecule has 1 aliphatic heterocycles. The number of hydrazone groups is 1. The number of carbonyl (C=O) groups excluding carboxylic acids is 2. The zero-order valence-electron chi connectivity index (χ0n) is 13.3. The number of hydrogen-bond donors (Lipinski definition) is 1. The molecule has 0 fully saturated rings. The fraction of sp³-hybridized carbons (Fsp3) is 0.400. The van der Waals surface area contributed by atoms with Crippen LogP contribution in [0.2, 0.25) is 10.0 Å². The SMILES string of the molecule is [B]C(=O)COCCOCC(=O)NC1=NN(c2ccc(Cl)c(Cl)c2)CC1. The van der Waals surface area contributed by atoms with E-state index in [0.717, 1.165) is 5.69 Å². The van der Waals surface area contributed by atoms with Crippen molar-refractivity contribution >= 4 is 54.2 Å². The average molecular weight is 384 g/mol. The molecule has 0 aliphatic carbocycles. The minimum Gasteiger partial charge on any atom is -0.372 e. The van der Waals surface area contributed by atoms with E-state index in [2.05, 4.69) is 10.4 Å². The van der Waals surface area contributed by atoms with Crippen molar-refractivity contribution in [2.24, 2.45) is 5.10 Å². The van der Waals surface area contributed by atoms with Gasteiger partial charge in [0.1, 0.15) is 18.1 Å². The Balaban J connectivity index is 1.72. The Hall–Kier alpha value is -1.61. The number of ether oxygens (including phenoxy) is 2. The van der Waals surface area contributed by atoms with Gasteiger partial charge in [-0.2, -0.15) is 5.10 Å². The molecule has 1 heterocycles. The van der Waals surface area contributed by atoms with Crippen LogP contribution >= 0.6 is 23.2 Å². The number of carbonyl (C=O) groups is 2. The molecule has 2 rings (SSSR count). The van der Waals surface area contributed by atoms with E-state index in [1.54, 1.807) is 23.2 Å². The summed E-state index contributed by atoms with van der Waals surface area (Å²) in [6.45, 7) is 0.683. The fourth-order valence-corrected chi connectivity index (χ4v) is 2.32. The summed E-state index contributed by atoms with van der Waals surface area (Å²) in [7, 11) is 4.92. The van der Waals surface area contributed by atoms with Crippen molar-refractivity contribution in [2.45, 2.75) is 6.42 Å². The Labute approximate surface area is 156 Å². The summed E-state index contributed by atoms with van der Waals surface area (Å²) in [5.74, 6) is 0.231. The Morgan fingerprint density at radius 2 is 1.92 bits per heavy atom. The summed E-state index contributed by atoms with van der Waals surface area (Å²) in [4.78, 5) is 22.3. The maximum Gasteiger partial charge on any atom is 0.251 e. The quantitative estimate of drug-likeness (QED) is 0.541. The van der Waals surface area contributed by atoms with Crippen LogP contribution in [0.3, 0.4) is 0 Å². The maximum absolute atomic E-state index is 11.8. The molecule has 132 valence electrons. The van der Waals surface area contributed by atoms with Gasteiger partial charge in [0.2, 0.25) is 0 Å². The Kier molecular flexibility index (Phi) is 7.70. The van der Waals surface area contributed by atoms with Crippen LogP contribution < -0.4 is 10.3 Å². The first-order valence-corrected chi connectivity index (χ1v) is 8.25. The highest BCUT2D eigenvalue weighted by atomic mass is 35.5. The Morgan fingerprint density at radius 3 is 2.60 bits per heavy atom. The van der Waals surface area contributed by atoms with Crippen molar-refractivity contribution in [3.8, 4) is 0 Å². The summed E-state index contributed by atoms with van der Waals surface area (Å²) >= 11 is 11.9. The van der Waals surface area contributed by atoms with Gasteiger partial charge in [-0.3, -0.25) is 9.80 Å². The third kappa shape index (κ3) is 6.66. The highest BCUT2D eigenvalue weighted by Gasteiger charge is 2.18. The molecule has 0 atom stereocenters. The minimum atomic E-state index is -0.552. The van der Waals surface area contributed by atoms with E-state index >= 15 is 0 Å². The van der Waals surface area contributed by atoms with Crippen molar-refractivity contribution in [1.82, 2.24) is 5.32 Å². The van der Waals surface area contributed by atoms with Gasteiger partial charge in [0.25, 0.3) is 5.91 Å². The number of amides is 1. The molecule has 1 aromatic rings. The van der Waals surface area contributed by atoms with E-state index < -0.39 is 5.68 Å². The van der Waals surface area contributed by atoms with Crippen molar-refractivity contribution in [1.29, 1.82) is 0 Å². The third-order valence-corrected chi connectivity index (χ3v) is 3.88. The molecule has 1 N–H and O–H groups in total. The molecular weight excluding hydrogens is 368 g/mol. The molecule has 10 heteroatoms. The lowest BCUT2D eigenvalue weighted by molar-refractivity contribution is -0.125. The van der Waals surface area contributed by atoms with Crippen LogP contribution in [0, 0.1) is 0 Å². The van der Waals surface area contributed by atoms with Crippen LogP contribution in [0.25, 0.3) is 0 Å². The van der Waals surface area contributed by atoms with E-state index in [0.29, 0.717) is 28.8 Å². The first-order valence-electron chi connectivity index (χ1n) is 7.49. The minimum absolute atomic E-state index is 0.133. The van der Waals surface area contributed by atoms with E-state index in [4.69, 9.17) is 40.5 Å². The summed E-state index contributed by atoms with van der Waals surface area (Å²) in [5, 5.41) is 9.66. The second-order valence-electron chi connectivity index (χ2n) is 5.14. The number of nitrogens with one attached hydrogen (secondary N) is 1. The molecule has 2 radical (unpaired) electrons. The van der Waals surface area contributed by atoms with Crippen LogP contribution in [-0.4, -0.2) is 58.2 Å². The van der Waals surface area contributed by atoms with Crippen LogP contribution in [-0.2, 0) is 19.1 Å². The molecule has 7 nitrogen and oxygen atoms in total. The van der Waals surface area contributed by atoms with Gasteiger partial charge in [-0.15, -0.1) is 0 Å². The van der Waals surface area contributed by atoms with Crippen molar-refractivity contribution in [2.75, 3.05) is 38.0 Å². The van der Waals surface area contributed by atoms with Gasteiger partial charge in [-0.05, 0) is 18.2 Å². The fourth-order valence-electron chi connectivity index (χ4n) is 2.03. The maximum atomic E-state index is 11.8. The van der Waals surface area contributed by atoms with Crippen LogP contribution in [0.1, 0.15) is 6.42 Å². The van der Waals surface area contributed by atoms with Gasteiger partial charge >= 0.3 is 0 Å². The average Bonchev–Trinajstić information content (AvgIpc) is 3.01. The van der Waals surface area contributed by atoms with Crippen LogP contribution in [0.5, 0.6) is 0 Å². The molecule has 0 unspecified atom stereocenters. The van der Waals surface area contributed by atoms with E-state index in [9.17, 15) is 9.59 Å². The molecule has 0 saturated carbocycles. The number of amidine groups is 1. The predicted molar refractivity (Wildman–Crippen MR) is 96.4 cm³/mol. The topological polar surface area (TPSA) is 80.2 Å². The molecule has 1 amide bonds. The van der Waals surface area contributed by atoms with Crippen LogP contribution in [0.4, 0.5) is 5.69 Å². The second kappa shape index (κ2) is 9.77. The first-order chi connectivity index (χ1) is 12.0. The first kappa shape index (κ1) is 19.7. The largest absolute Gasteiger partial charge is 0.372 e. The number of hydrogen-bond acceptors (Lipinski definition) is 6. The molecule has 1 aliphatic rings. The van der Waals surface area contributed by atoms with Gasteiger partial charge in [-0.1, -0.05) is 23.2 Å². The zero-order valence-corrected chi connectivity index (χ0v) is 14.8. The summed E-state index contributed by atoms with van der Waals surface area (Å²) in [6.07, 6.45) is 0.591. The molecule has 0 spiro atoms. The molecular formula is C15H16BCl2N3O4.